The Morgan fingerprint density at radius 1 is 1.32 bits per heavy atom. The van der Waals surface area contributed by atoms with Gasteiger partial charge in [-0.25, -0.2) is 4.79 Å². The summed E-state index contributed by atoms with van der Waals surface area (Å²) >= 11 is 1.46. The number of H-pyrrole nitrogens is 1. The summed E-state index contributed by atoms with van der Waals surface area (Å²) < 4.78 is 11.2. The highest BCUT2D eigenvalue weighted by atomic mass is 32.1. The first-order valence-corrected chi connectivity index (χ1v) is 11.7. The highest BCUT2D eigenvalue weighted by Crippen LogP contribution is 2.42. The number of rotatable bonds is 5. The Morgan fingerprint density at radius 3 is 3.06 bits per heavy atom. The number of nitrogens with one attached hydrogen (secondary N) is 1. The number of carbonyl (C=O) groups is 2. The number of anilines is 1. The van der Waals surface area contributed by atoms with Crippen LogP contribution >= 0.6 is 11.3 Å². The molecule has 1 atom stereocenters. The summed E-state index contributed by atoms with van der Waals surface area (Å²) in [7, 11) is 0. The van der Waals surface area contributed by atoms with E-state index >= 15 is 0 Å². The number of Topliss-reactive ketones (excluding diaryl/α,β-unsaturated/α-hetero) is 1. The molecule has 0 spiro atoms. The minimum atomic E-state index is -0.318. The van der Waals surface area contributed by atoms with Gasteiger partial charge in [0.25, 0.3) is 0 Å². The fourth-order valence-corrected chi connectivity index (χ4v) is 6.12. The van der Waals surface area contributed by atoms with Crippen molar-refractivity contribution < 1.29 is 19.1 Å². The lowest BCUT2D eigenvalue weighted by molar-refractivity contribution is 0.0524. The molecule has 1 aliphatic carbocycles. The maximum absolute atomic E-state index is 13.0. The summed E-state index contributed by atoms with van der Waals surface area (Å²) in [6.07, 6.45) is 4.95. The van der Waals surface area contributed by atoms with Crippen LogP contribution in [-0.4, -0.2) is 49.1 Å². The number of para-hydroxylation sites is 1. The number of benzene rings is 1. The van der Waals surface area contributed by atoms with Crippen LogP contribution in [0.5, 0.6) is 0 Å². The molecule has 6 nitrogen and oxygen atoms in total. The normalized spacial score (nSPS) is 18.9. The molecule has 5 rings (SSSR count). The highest BCUT2D eigenvalue weighted by molar-refractivity contribution is 7.18. The largest absolute Gasteiger partial charge is 0.462 e. The number of esters is 1. The molecule has 1 fully saturated rings. The number of ketones is 1. The van der Waals surface area contributed by atoms with Crippen molar-refractivity contribution in [2.24, 2.45) is 0 Å². The second-order valence-corrected chi connectivity index (χ2v) is 9.07. The van der Waals surface area contributed by atoms with E-state index in [1.165, 1.54) is 22.3 Å². The number of nitrogens with zero attached hydrogens (tertiary/aromatic N) is 1. The van der Waals surface area contributed by atoms with Gasteiger partial charge < -0.3 is 19.4 Å². The fraction of sp³-hybridized carbons (Fsp3) is 0.417. The van der Waals surface area contributed by atoms with E-state index in [1.54, 1.807) is 0 Å². The quantitative estimate of drug-likeness (QED) is 0.599. The molecule has 2 aliphatic rings. The summed E-state index contributed by atoms with van der Waals surface area (Å²) in [6, 6.07) is 8.36. The van der Waals surface area contributed by atoms with Crippen LogP contribution in [0.25, 0.3) is 10.9 Å². The molecule has 0 amide bonds. The van der Waals surface area contributed by atoms with E-state index in [0.29, 0.717) is 38.3 Å². The zero-order valence-corrected chi connectivity index (χ0v) is 18.4. The first-order valence-electron chi connectivity index (χ1n) is 10.9. The number of carbonyl (C=O) groups excluding carboxylic acids is 2. The van der Waals surface area contributed by atoms with Crippen LogP contribution < -0.4 is 4.90 Å². The van der Waals surface area contributed by atoms with E-state index in [1.807, 2.05) is 19.1 Å². The molecule has 1 aliphatic heterocycles. The molecule has 1 unspecified atom stereocenters. The summed E-state index contributed by atoms with van der Waals surface area (Å²) in [4.78, 5) is 31.9. The minimum absolute atomic E-state index is 0.0799. The van der Waals surface area contributed by atoms with Crippen LogP contribution in [0.3, 0.4) is 0 Å². The Kier molecular flexibility index (Phi) is 5.54. The molecule has 162 valence electrons. The van der Waals surface area contributed by atoms with Crippen LogP contribution in [0.15, 0.2) is 30.5 Å². The third-order valence-electron chi connectivity index (χ3n) is 6.17. The van der Waals surface area contributed by atoms with Gasteiger partial charge in [-0.3, -0.25) is 4.79 Å². The van der Waals surface area contributed by atoms with Gasteiger partial charge in [-0.05, 0) is 43.4 Å². The standard InChI is InChI=1S/C24H26N2O4S/c1-2-30-24(28)21-18-7-5-9-20(27)22(18)31-23(21)26-10-11-29-14-16(26)12-15-13-25-19-8-4-3-6-17(15)19/h3-4,6,8,13,16,25H,2,5,7,9-12,14H2,1H3. The lowest BCUT2D eigenvalue weighted by Crippen LogP contribution is -2.47. The predicted octanol–water partition coefficient (Wildman–Crippen LogP) is 4.37. The Balaban J connectivity index is 1.54. The second kappa shape index (κ2) is 8.48. The predicted molar refractivity (Wildman–Crippen MR) is 121 cm³/mol. The van der Waals surface area contributed by atoms with Crippen LogP contribution in [-0.2, 0) is 22.3 Å². The van der Waals surface area contributed by atoms with Gasteiger partial charge in [0.05, 0.1) is 36.3 Å². The number of morpholine rings is 1. The van der Waals surface area contributed by atoms with Crippen molar-refractivity contribution in [1.29, 1.82) is 0 Å². The SMILES string of the molecule is CCOC(=O)c1c(N2CCOCC2Cc2c[nH]c3ccccc23)sc2c1CCCC2=O. The second-order valence-electron chi connectivity index (χ2n) is 8.07. The Hall–Kier alpha value is -2.64. The van der Waals surface area contributed by atoms with E-state index < -0.39 is 0 Å². The monoisotopic (exact) mass is 438 g/mol. The summed E-state index contributed by atoms with van der Waals surface area (Å²) in [5, 5.41) is 2.08. The maximum Gasteiger partial charge on any atom is 0.341 e. The van der Waals surface area contributed by atoms with Crippen molar-refractivity contribution in [2.75, 3.05) is 31.3 Å². The minimum Gasteiger partial charge on any atom is -0.462 e. The van der Waals surface area contributed by atoms with Crippen LogP contribution in [0, 0.1) is 0 Å². The average molecular weight is 439 g/mol. The molecule has 3 aromatic rings. The summed E-state index contributed by atoms with van der Waals surface area (Å²) in [6.45, 7) is 4.00. The molecule has 0 radical (unpaired) electrons. The molecule has 1 aromatic carbocycles. The number of fused-ring (bicyclic) bond motifs is 2. The molecule has 1 saturated heterocycles. The van der Waals surface area contributed by atoms with Gasteiger partial charge in [0.15, 0.2) is 5.78 Å². The Labute approximate surface area is 185 Å². The van der Waals surface area contributed by atoms with Gasteiger partial charge >= 0.3 is 5.97 Å². The Bertz CT molecular complexity index is 1130. The average Bonchev–Trinajstić information content (AvgIpc) is 3.37. The molecule has 1 N–H and O–H groups in total. The van der Waals surface area contributed by atoms with Crippen LogP contribution in [0.4, 0.5) is 5.00 Å². The lowest BCUT2D eigenvalue weighted by Gasteiger charge is -2.37. The Morgan fingerprint density at radius 2 is 2.19 bits per heavy atom. The number of thiophene rings is 1. The van der Waals surface area contributed by atoms with Crippen molar-refractivity contribution in [3.63, 3.8) is 0 Å². The van der Waals surface area contributed by atoms with Gasteiger partial charge in [-0.1, -0.05) is 18.2 Å². The number of ether oxygens (including phenoxy) is 2. The first kappa shape index (κ1) is 20.3. The van der Waals surface area contributed by atoms with Gasteiger partial charge in [0.2, 0.25) is 0 Å². The van der Waals surface area contributed by atoms with Gasteiger partial charge in [-0.15, -0.1) is 11.3 Å². The molecule has 2 aromatic heterocycles. The van der Waals surface area contributed by atoms with Crippen LogP contribution in [0.1, 0.15) is 50.9 Å². The highest BCUT2D eigenvalue weighted by Gasteiger charge is 2.35. The van der Waals surface area contributed by atoms with Crippen molar-refractivity contribution >= 4 is 39.0 Å². The summed E-state index contributed by atoms with van der Waals surface area (Å²) in [5.74, 6) is -0.175. The number of aromatic amines is 1. The van der Waals surface area contributed by atoms with Gasteiger partial charge in [-0.2, -0.15) is 0 Å². The van der Waals surface area contributed by atoms with Crippen molar-refractivity contribution in [2.45, 2.75) is 38.6 Å². The smallest absolute Gasteiger partial charge is 0.341 e. The van der Waals surface area contributed by atoms with Gasteiger partial charge in [0, 0.05) is 30.1 Å². The zero-order valence-electron chi connectivity index (χ0n) is 17.6. The first-order chi connectivity index (χ1) is 15.2. The zero-order chi connectivity index (χ0) is 21.4. The molecular formula is C24H26N2O4S. The van der Waals surface area contributed by atoms with Gasteiger partial charge in [0.1, 0.15) is 5.00 Å². The number of hydrogen-bond acceptors (Lipinski definition) is 6. The lowest BCUT2D eigenvalue weighted by atomic mass is 9.94. The van der Waals surface area contributed by atoms with Crippen molar-refractivity contribution in [1.82, 2.24) is 4.98 Å². The molecule has 0 bridgehead atoms. The summed E-state index contributed by atoms with van der Waals surface area (Å²) in [5.41, 5.74) is 3.82. The van der Waals surface area contributed by atoms with E-state index in [0.717, 1.165) is 40.2 Å². The van der Waals surface area contributed by atoms with Crippen molar-refractivity contribution in [3.8, 4) is 0 Å². The molecule has 7 heteroatoms. The molecular weight excluding hydrogens is 412 g/mol. The van der Waals surface area contributed by atoms with Crippen LogP contribution in [0.2, 0.25) is 0 Å². The van der Waals surface area contributed by atoms with Crippen molar-refractivity contribution in [3.05, 3.63) is 52.0 Å². The molecule has 31 heavy (non-hydrogen) atoms. The number of hydrogen-bond donors (Lipinski definition) is 1. The number of aromatic nitrogens is 1. The van der Waals surface area contributed by atoms with E-state index in [2.05, 4.69) is 28.2 Å². The topological polar surface area (TPSA) is 71.6 Å². The van der Waals surface area contributed by atoms with E-state index in [4.69, 9.17) is 9.47 Å². The van der Waals surface area contributed by atoms with E-state index in [9.17, 15) is 9.59 Å². The third kappa shape index (κ3) is 3.66. The fourth-order valence-electron chi connectivity index (χ4n) is 4.72. The maximum atomic E-state index is 13.0. The van der Waals surface area contributed by atoms with E-state index in [-0.39, 0.29) is 17.8 Å². The third-order valence-corrected chi connectivity index (χ3v) is 7.48. The molecule has 3 heterocycles. The molecule has 0 saturated carbocycles.